The van der Waals surface area contributed by atoms with Crippen molar-refractivity contribution in [1.82, 2.24) is 0 Å². The van der Waals surface area contributed by atoms with E-state index in [4.69, 9.17) is 4.74 Å². The third-order valence-electron chi connectivity index (χ3n) is 3.14. The molecule has 0 saturated heterocycles. The van der Waals surface area contributed by atoms with E-state index in [0.717, 1.165) is 6.07 Å². The van der Waals surface area contributed by atoms with Crippen molar-refractivity contribution in [3.8, 4) is 0 Å². The second-order valence-electron chi connectivity index (χ2n) is 4.83. The molecule has 1 amide bonds. The van der Waals surface area contributed by atoms with E-state index in [2.05, 4.69) is 5.32 Å². The molecule has 0 heterocycles. The van der Waals surface area contributed by atoms with Gasteiger partial charge in [-0.25, -0.2) is 9.18 Å². The van der Waals surface area contributed by atoms with Gasteiger partial charge in [-0.1, -0.05) is 24.3 Å². The topological polar surface area (TPSA) is 98.5 Å². The van der Waals surface area contributed by atoms with Gasteiger partial charge in [-0.05, 0) is 24.6 Å². The summed E-state index contributed by atoms with van der Waals surface area (Å²) in [6.07, 6.45) is 0. The van der Waals surface area contributed by atoms with Crippen molar-refractivity contribution >= 4 is 23.3 Å². The number of nitro groups is 1. The Kier molecular flexibility index (Phi) is 5.20. The lowest BCUT2D eigenvalue weighted by Gasteiger charge is -2.09. The number of halogens is 1. The summed E-state index contributed by atoms with van der Waals surface area (Å²) in [5.74, 6) is -2.53. The molecule has 0 aliphatic rings. The molecule has 0 radical (unpaired) electrons. The number of hydrogen-bond donors (Lipinski definition) is 1. The predicted octanol–water partition coefficient (Wildman–Crippen LogP) is 2.84. The number of rotatable bonds is 5. The summed E-state index contributed by atoms with van der Waals surface area (Å²) in [6, 6.07) is 9.50. The van der Waals surface area contributed by atoms with E-state index >= 15 is 0 Å². The Balaban J connectivity index is 2.04. The van der Waals surface area contributed by atoms with Gasteiger partial charge in [0.05, 0.1) is 10.5 Å². The number of esters is 1. The molecule has 0 spiro atoms. The minimum atomic E-state index is -0.998. The molecule has 8 heteroatoms. The van der Waals surface area contributed by atoms with Crippen LogP contribution in [0.2, 0.25) is 0 Å². The van der Waals surface area contributed by atoms with Crippen LogP contribution in [-0.2, 0) is 9.53 Å². The number of para-hydroxylation sites is 1. The van der Waals surface area contributed by atoms with Crippen molar-refractivity contribution < 1.29 is 23.6 Å². The lowest BCUT2D eigenvalue weighted by molar-refractivity contribution is -0.384. The number of aryl methyl sites for hydroxylation is 1. The van der Waals surface area contributed by atoms with Crippen molar-refractivity contribution in [2.24, 2.45) is 0 Å². The fraction of sp³-hybridized carbons (Fsp3) is 0.125. The van der Waals surface area contributed by atoms with Crippen LogP contribution in [0.25, 0.3) is 0 Å². The van der Waals surface area contributed by atoms with E-state index < -0.39 is 29.2 Å². The average molecular weight is 332 g/mol. The van der Waals surface area contributed by atoms with Gasteiger partial charge in [0, 0.05) is 6.07 Å². The summed E-state index contributed by atoms with van der Waals surface area (Å²) in [5.41, 5.74) is -0.0663. The van der Waals surface area contributed by atoms with E-state index in [1.54, 1.807) is 13.0 Å². The summed E-state index contributed by atoms with van der Waals surface area (Å²) in [5, 5.41) is 13.3. The molecule has 2 aromatic carbocycles. The van der Waals surface area contributed by atoms with Crippen molar-refractivity contribution in [1.29, 1.82) is 0 Å². The maximum atomic E-state index is 13.4. The number of amides is 1. The third-order valence-corrected chi connectivity index (χ3v) is 3.14. The molecule has 0 unspecified atom stereocenters. The lowest BCUT2D eigenvalue weighted by Crippen LogP contribution is -2.22. The molecule has 1 N–H and O–H groups in total. The van der Waals surface area contributed by atoms with Crippen LogP contribution in [0.3, 0.4) is 0 Å². The van der Waals surface area contributed by atoms with Crippen LogP contribution in [0.4, 0.5) is 15.8 Å². The first kappa shape index (κ1) is 17.1. The highest BCUT2D eigenvalue weighted by Gasteiger charge is 2.19. The van der Waals surface area contributed by atoms with Crippen molar-refractivity contribution in [2.75, 3.05) is 11.9 Å². The summed E-state index contributed by atoms with van der Waals surface area (Å²) >= 11 is 0. The molecule has 124 valence electrons. The van der Waals surface area contributed by atoms with Crippen LogP contribution in [0.15, 0.2) is 42.5 Å². The van der Waals surface area contributed by atoms with E-state index in [-0.39, 0.29) is 16.9 Å². The number of nitro benzene ring substituents is 1. The van der Waals surface area contributed by atoms with E-state index in [0.29, 0.717) is 5.56 Å². The van der Waals surface area contributed by atoms with Crippen LogP contribution >= 0.6 is 0 Å². The first-order chi connectivity index (χ1) is 11.4. The molecule has 24 heavy (non-hydrogen) atoms. The standard InChI is InChI=1S/C16H13FN2O5/c1-10-5-4-8-13(19(22)23)15(10)18-14(20)9-24-16(21)11-6-2-3-7-12(11)17/h2-8H,9H2,1H3,(H,18,20). The van der Waals surface area contributed by atoms with Gasteiger partial charge in [-0.2, -0.15) is 0 Å². The number of nitrogens with one attached hydrogen (secondary N) is 1. The number of nitrogens with zero attached hydrogens (tertiary/aromatic N) is 1. The molecule has 0 saturated carbocycles. The average Bonchev–Trinajstić information content (AvgIpc) is 2.54. The van der Waals surface area contributed by atoms with Crippen LogP contribution < -0.4 is 5.32 Å². The molecule has 7 nitrogen and oxygen atoms in total. The van der Waals surface area contributed by atoms with Gasteiger partial charge in [-0.3, -0.25) is 14.9 Å². The van der Waals surface area contributed by atoms with Crippen molar-refractivity contribution in [3.63, 3.8) is 0 Å². The minimum absolute atomic E-state index is 0.0226. The zero-order valence-corrected chi connectivity index (χ0v) is 12.6. The van der Waals surface area contributed by atoms with Crippen LogP contribution in [0.5, 0.6) is 0 Å². The van der Waals surface area contributed by atoms with Crippen molar-refractivity contribution in [2.45, 2.75) is 6.92 Å². The molecular weight excluding hydrogens is 319 g/mol. The first-order valence-corrected chi connectivity index (χ1v) is 6.85. The molecule has 0 aromatic heterocycles. The Morgan fingerprint density at radius 2 is 1.92 bits per heavy atom. The predicted molar refractivity (Wildman–Crippen MR) is 83.1 cm³/mol. The molecule has 0 atom stereocenters. The molecule has 0 aliphatic heterocycles. The molecule has 2 rings (SSSR count). The Morgan fingerprint density at radius 1 is 1.21 bits per heavy atom. The minimum Gasteiger partial charge on any atom is -0.452 e. The largest absolute Gasteiger partial charge is 0.452 e. The highest BCUT2D eigenvalue weighted by atomic mass is 19.1. The van der Waals surface area contributed by atoms with Gasteiger partial charge >= 0.3 is 5.97 Å². The number of benzene rings is 2. The maximum absolute atomic E-state index is 13.4. The fourth-order valence-corrected chi connectivity index (χ4v) is 1.98. The fourth-order valence-electron chi connectivity index (χ4n) is 1.98. The number of anilines is 1. The smallest absolute Gasteiger partial charge is 0.341 e. The molecule has 0 bridgehead atoms. The van der Waals surface area contributed by atoms with Crippen LogP contribution in [-0.4, -0.2) is 23.4 Å². The molecule has 2 aromatic rings. The van der Waals surface area contributed by atoms with Crippen LogP contribution in [0.1, 0.15) is 15.9 Å². The Bertz CT molecular complexity index is 807. The summed E-state index contributed by atoms with van der Waals surface area (Å²) in [4.78, 5) is 33.9. The maximum Gasteiger partial charge on any atom is 0.341 e. The van der Waals surface area contributed by atoms with Gasteiger partial charge in [-0.15, -0.1) is 0 Å². The number of carbonyl (C=O) groups is 2. The molecule has 0 fully saturated rings. The van der Waals surface area contributed by atoms with Gasteiger partial charge in [0.15, 0.2) is 6.61 Å². The Hall–Kier alpha value is -3.29. The second kappa shape index (κ2) is 7.32. The van der Waals surface area contributed by atoms with Gasteiger partial charge in [0.2, 0.25) is 0 Å². The van der Waals surface area contributed by atoms with E-state index in [1.165, 1.54) is 30.3 Å². The highest BCUT2D eigenvalue weighted by Crippen LogP contribution is 2.27. The van der Waals surface area contributed by atoms with Gasteiger partial charge < -0.3 is 10.1 Å². The van der Waals surface area contributed by atoms with E-state index in [1.807, 2.05) is 0 Å². The molecule has 0 aliphatic carbocycles. The third kappa shape index (κ3) is 3.92. The van der Waals surface area contributed by atoms with E-state index in [9.17, 15) is 24.1 Å². The summed E-state index contributed by atoms with van der Waals surface area (Å²) in [7, 11) is 0. The Morgan fingerprint density at radius 3 is 2.58 bits per heavy atom. The second-order valence-corrected chi connectivity index (χ2v) is 4.83. The summed E-state index contributed by atoms with van der Waals surface area (Å²) < 4.78 is 18.2. The van der Waals surface area contributed by atoms with Gasteiger partial charge in [0.25, 0.3) is 11.6 Å². The van der Waals surface area contributed by atoms with Crippen molar-refractivity contribution in [3.05, 3.63) is 69.5 Å². The lowest BCUT2D eigenvalue weighted by atomic mass is 10.1. The monoisotopic (exact) mass is 332 g/mol. The number of carbonyl (C=O) groups excluding carboxylic acids is 2. The highest BCUT2D eigenvalue weighted by molar-refractivity contribution is 5.97. The van der Waals surface area contributed by atoms with Crippen LogP contribution in [0, 0.1) is 22.9 Å². The first-order valence-electron chi connectivity index (χ1n) is 6.85. The number of hydrogen-bond acceptors (Lipinski definition) is 5. The quantitative estimate of drug-likeness (QED) is 0.516. The zero-order valence-electron chi connectivity index (χ0n) is 12.6. The normalized spacial score (nSPS) is 10.1. The SMILES string of the molecule is Cc1cccc([N+](=O)[O-])c1NC(=O)COC(=O)c1ccccc1F. The zero-order chi connectivity index (χ0) is 17.7. The number of ether oxygens (including phenoxy) is 1. The van der Waals surface area contributed by atoms with Gasteiger partial charge in [0.1, 0.15) is 11.5 Å². The molecular formula is C16H13FN2O5. The summed E-state index contributed by atoms with van der Waals surface area (Å²) in [6.45, 7) is 0.895. The Labute approximate surface area is 136 Å².